The van der Waals surface area contributed by atoms with E-state index < -0.39 is 19.1 Å². The average Bonchev–Trinajstić information content (AvgIpc) is 2.76. The Morgan fingerprint density at radius 2 is 1.79 bits per heavy atom. The molecule has 182 valence electrons. The van der Waals surface area contributed by atoms with Crippen molar-refractivity contribution in [3.8, 4) is 11.5 Å². The summed E-state index contributed by atoms with van der Waals surface area (Å²) in [6.07, 6.45) is -1.25. The van der Waals surface area contributed by atoms with Crippen LogP contribution in [0.2, 0.25) is 0 Å². The second-order valence-electron chi connectivity index (χ2n) is 9.19. The quantitative estimate of drug-likeness (QED) is 0.407. The first kappa shape index (κ1) is 25.6. The minimum Gasteiger partial charge on any atom is -0.497 e. The molecule has 8 heteroatoms. The SMILES string of the molecule is COc1ccc(C(F)(F)F)c(C2CCC(COc3cccc([C@H](C)CP(C)(=O)O)c3)CC2)c1. The molecule has 4 nitrogen and oxygen atoms in total. The third kappa shape index (κ3) is 7.25. The standard InChI is InChI=1S/C25H32F3O4P/c1-17(16-33(3,29)30)20-5-4-6-22(13-20)32-15-18-7-9-19(10-8-18)23-14-21(31-2)11-12-24(23)25(26,27)28/h4-6,11-14,17-19H,7-10,15-16H2,1-3H3,(H,29,30)/t17-,18?,19?/m1/s1. The van der Waals surface area contributed by atoms with Crippen molar-refractivity contribution in [2.24, 2.45) is 5.92 Å². The maximum Gasteiger partial charge on any atom is 0.416 e. The van der Waals surface area contributed by atoms with Crippen LogP contribution in [0, 0.1) is 5.92 Å². The Balaban J connectivity index is 1.59. The van der Waals surface area contributed by atoms with Gasteiger partial charge in [0.15, 0.2) is 7.37 Å². The van der Waals surface area contributed by atoms with Crippen molar-refractivity contribution in [1.29, 1.82) is 0 Å². The van der Waals surface area contributed by atoms with Gasteiger partial charge >= 0.3 is 6.18 Å². The molecule has 0 aromatic heterocycles. The first-order valence-electron chi connectivity index (χ1n) is 11.2. The summed E-state index contributed by atoms with van der Waals surface area (Å²) in [6.45, 7) is 3.78. The van der Waals surface area contributed by atoms with Gasteiger partial charge in [0.05, 0.1) is 19.3 Å². The van der Waals surface area contributed by atoms with Gasteiger partial charge in [-0.15, -0.1) is 0 Å². The van der Waals surface area contributed by atoms with Gasteiger partial charge < -0.3 is 14.4 Å². The fourth-order valence-electron chi connectivity index (χ4n) is 4.64. The number of benzene rings is 2. The minimum atomic E-state index is -4.38. The van der Waals surface area contributed by atoms with Gasteiger partial charge in [-0.25, -0.2) is 0 Å². The predicted octanol–water partition coefficient (Wildman–Crippen LogP) is 7.07. The summed E-state index contributed by atoms with van der Waals surface area (Å²) in [7, 11) is -1.65. The minimum absolute atomic E-state index is 0.0597. The normalized spacial score (nSPS) is 21.8. The lowest BCUT2D eigenvalue weighted by atomic mass is 9.77. The van der Waals surface area contributed by atoms with Crippen molar-refractivity contribution in [3.63, 3.8) is 0 Å². The summed E-state index contributed by atoms with van der Waals surface area (Å²) >= 11 is 0. The first-order valence-corrected chi connectivity index (χ1v) is 13.5. The molecule has 0 heterocycles. The van der Waals surface area contributed by atoms with E-state index >= 15 is 0 Å². The van der Waals surface area contributed by atoms with Crippen LogP contribution in [0.25, 0.3) is 0 Å². The molecular formula is C25H32F3O4P. The summed E-state index contributed by atoms with van der Waals surface area (Å²) in [5.74, 6) is 1.21. The van der Waals surface area contributed by atoms with Crippen LogP contribution in [-0.4, -0.2) is 31.4 Å². The number of halogens is 3. The van der Waals surface area contributed by atoms with E-state index in [1.165, 1.54) is 25.9 Å². The molecule has 1 fully saturated rings. The van der Waals surface area contributed by atoms with Gasteiger partial charge in [0.25, 0.3) is 0 Å². The molecule has 0 aliphatic heterocycles. The van der Waals surface area contributed by atoms with Gasteiger partial charge in [-0.1, -0.05) is 19.1 Å². The average molecular weight is 484 g/mol. The van der Waals surface area contributed by atoms with Crippen LogP contribution >= 0.6 is 7.37 Å². The summed E-state index contributed by atoms with van der Waals surface area (Å²) in [6, 6.07) is 11.6. The number of ether oxygens (including phenoxy) is 2. The van der Waals surface area contributed by atoms with Gasteiger partial charge in [-0.05, 0) is 84.9 Å². The third-order valence-corrected chi connectivity index (χ3v) is 7.60. The summed E-state index contributed by atoms with van der Waals surface area (Å²) in [4.78, 5) is 9.64. The second kappa shape index (κ2) is 10.5. The number of hydrogen-bond donors (Lipinski definition) is 1. The van der Waals surface area contributed by atoms with Gasteiger partial charge in [0.1, 0.15) is 11.5 Å². The van der Waals surface area contributed by atoms with E-state index in [9.17, 15) is 22.6 Å². The molecule has 1 N–H and O–H groups in total. The molecule has 33 heavy (non-hydrogen) atoms. The maximum atomic E-state index is 13.5. The predicted molar refractivity (Wildman–Crippen MR) is 124 cm³/mol. The molecule has 2 aromatic carbocycles. The van der Waals surface area contributed by atoms with Crippen LogP contribution in [0.5, 0.6) is 11.5 Å². The van der Waals surface area contributed by atoms with Gasteiger partial charge in [-0.2, -0.15) is 13.2 Å². The van der Waals surface area contributed by atoms with Gasteiger partial charge in [-0.3, -0.25) is 4.57 Å². The van der Waals surface area contributed by atoms with E-state index in [0.717, 1.165) is 24.5 Å². The van der Waals surface area contributed by atoms with E-state index in [2.05, 4.69) is 0 Å². The van der Waals surface area contributed by atoms with Gasteiger partial charge in [0, 0.05) is 12.8 Å². The number of hydrogen-bond acceptors (Lipinski definition) is 3. The fourth-order valence-corrected chi connectivity index (χ4v) is 5.87. The lowest BCUT2D eigenvalue weighted by Gasteiger charge is -2.30. The molecule has 0 spiro atoms. The molecule has 0 bridgehead atoms. The Hall–Kier alpha value is -1.98. The van der Waals surface area contributed by atoms with Crippen LogP contribution in [0.15, 0.2) is 42.5 Å². The highest BCUT2D eigenvalue weighted by Crippen LogP contribution is 2.44. The Bertz CT molecular complexity index is 978. The van der Waals surface area contributed by atoms with E-state index in [0.29, 0.717) is 36.5 Å². The van der Waals surface area contributed by atoms with Crippen molar-refractivity contribution in [1.82, 2.24) is 0 Å². The molecule has 0 amide bonds. The smallest absolute Gasteiger partial charge is 0.416 e. The highest BCUT2D eigenvalue weighted by Gasteiger charge is 2.36. The second-order valence-corrected chi connectivity index (χ2v) is 11.7. The molecule has 3 rings (SSSR count). The zero-order valence-corrected chi connectivity index (χ0v) is 20.2. The molecule has 2 atom stereocenters. The summed E-state index contributed by atoms with van der Waals surface area (Å²) < 4.78 is 63.4. The molecule has 1 aliphatic carbocycles. The summed E-state index contributed by atoms with van der Waals surface area (Å²) in [5.41, 5.74) is 0.693. The van der Waals surface area contributed by atoms with Crippen LogP contribution in [0.4, 0.5) is 13.2 Å². The van der Waals surface area contributed by atoms with E-state index in [1.807, 2.05) is 31.2 Å². The topological polar surface area (TPSA) is 55.8 Å². The van der Waals surface area contributed by atoms with E-state index in [-0.39, 0.29) is 23.9 Å². The summed E-state index contributed by atoms with van der Waals surface area (Å²) in [5, 5.41) is 0. The molecule has 1 saturated carbocycles. The van der Waals surface area contributed by atoms with Crippen molar-refractivity contribution in [3.05, 3.63) is 59.2 Å². The van der Waals surface area contributed by atoms with Crippen LogP contribution in [0.3, 0.4) is 0 Å². The Labute approximate surface area is 193 Å². The Kier molecular flexibility index (Phi) is 8.17. The monoisotopic (exact) mass is 484 g/mol. The van der Waals surface area contributed by atoms with Gasteiger partial charge in [0.2, 0.25) is 0 Å². The van der Waals surface area contributed by atoms with Crippen molar-refractivity contribution in [2.45, 2.75) is 50.6 Å². The Morgan fingerprint density at radius 3 is 2.39 bits per heavy atom. The van der Waals surface area contributed by atoms with Crippen LogP contribution in [-0.2, 0) is 10.7 Å². The lowest BCUT2D eigenvalue weighted by molar-refractivity contribution is -0.138. The van der Waals surface area contributed by atoms with Crippen molar-refractivity contribution >= 4 is 7.37 Å². The number of methoxy groups -OCH3 is 1. The first-order chi connectivity index (χ1) is 15.5. The van der Waals surface area contributed by atoms with Crippen LogP contribution in [0.1, 0.15) is 61.1 Å². The van der Waals surface area contributed by atoms with Crippen LogP contribution < -0.4 is 9.47 Å². The van der Waals surface area contributed by atoms with E-state index in [4.69, 9.17) is 9.47 Å². The molecule has 2 aromatic rings. The maximum absolute atomic E-state index is 13.5. The highest BCUT2D eigenvalue weighted by atomic mass is 31.2. The molecule has 1 aliphatic rings. The molecule has 0 radical (unpaired) electrons. The molecule has 0 saturated heterocycles. The number of alkyl halides is 3. The number of rotatable bonds is 8. The zero-order chi connectivity index (χ0) is 24.2. The molecule has 1 unspecified atom stereocenters. The van der Waals surface area contributed by atoms with Crippen molar-refractivity contribution < 1.29 is 32.1 Å². The lowest BCUT2D eigenvalue weighted by Crippen LogP contribution is -2.21. The Morgan fingerprint density at radius 1 is 1.09 bits per heavy atom. The van der Waals surface area contributed by atoms with E-state index in [1.54, 1.807) is 0 Å². The largest absolute Gasteiger partial charge is 0.497 e. The molecular weight excluding hydrogens is 452 g/mol. The van der Waals surface area contributed by atoms with Crippen molar-refractivity contribution in [2.75, 3.05) is 26.5 Å². The zero-order valence-electron chi connectivity index (χ0n) is 19.3. The fraction of sp³-hybridized carbons (Fsp3) is 0.520. The third-order valence-electron chi connectivity index (χ3n) is 6.38. The highest BCUT2D eigenvalue weighted by molar-refractivity contribution is 7.57.